The van der Waals surface area contributed by atoms with E-state index < -0.39 is 5.60 Å². The Kier molecular flexibility index (Phi) is 5.88. The number of hydrogen-bond acceptors (Lipinski definition) is 4. The molecule has 0 bridgehead atoms. The Morgan fingerprint density at radius 1 is 1.44 bits per heavy atom. The van der Waals surface area contributed by atoms with Gasteiger partial charge in [0.25, 0.3) is 0 Å². The Morgan fingerprint density at radius 3 is 2.78 bits per heavy atom. The molecule has 5 nitrogen and oxygen atoms in total. The average Bonchev–Trinajstić information content (AvgIpc) is 2.25. The van der Waals surface area contributed by atoms with Crippen LogP contribution in [-0.2, 0) is 9.47 Å². The molecular formula is C13H26N2O3. The highest BCUT2D eigenvalue weighted by Crippen LogP contribution is 2.11. The SMILES string of the molecule is CCCOC1CNCCC1NC(=O)OC(C)(C)C. The van der Waals surface area contributed by atoms with Crippen LogP contribution in [-0.4, -0.2) is 43.5 Å². The van der Waals surface area contributed by atoms with E-state index in [0.717, 1.165) is 32.5 Å². The lowest BCUT2D eigenvalue weighted by Crippen LogP contribution is -2.54. The van der Waals surface area contributed by atoms with Gasteiger partial charge in [-0.15, -0.1) is 0 Å². The predicted octanol–water partition coefficient (Wildman–Crippen LogP) is 1.67. The summed E-state index contributed by atoms with van der Waals surface area (Å²) in [4.78, 5) is 11.7. The topological polar surface area (TPSA) is 59.6 Å². The maximum absolute atomic E-state index is 11.7. The molecule has 5 heteroatoms. The van der Waals surface area contributed by atoms with Gasteiger partial charge < -0.3 is 20.1 Å². The summed E-state index contributed by atoms with van der Waals surface area (Å²) in [7, 11) is 0. The van der Waals surface area contributed by atoms with Crippen LogP contribution in [0.15, 0.2) is 0 Å². The molecule has 1 aliphatic heterocycles. The second-order valence-corrected chi connectivity index (χ2v) is 5.65. The molecule has 1 saturated heterocycles. The van der Waals surface area contributed by atoms with Crippen LogP contribution in [0.1, 0.15) is 40.5 Å². The number of amides is 1. The lowest BCUT2D eigenvalue weighted by Gasteiger charge is -2.33. The third kappa shape index (κ3) is 5.69. The van der Waals surface area contributed by atoms with Gasteiger partial charge in [0.05, 0.1) is 12.1 Å². The molecule has 2 unspecified atom stereocenters. The van der Waals surface area contributed by atoms with E-state index in [1.165, 1.54) is 0 Å². The van der Waals surface area contributed by atoms with E-state index >= 15 is 0 Å². The van der Waals surface area contributed by atoms with E-state index in [1.807, 2.05) is 20.8 Å². The molecule has 1 amide bonds. The minimum Gasteiger partial charge on any atom is -0.444 e. The van der Waals surface area contributed by atoms with E-state index in [9.17, 15) is 4.79 Å². The summed E-state index contributed by atoms with van der Waals surface area (Å²) in [5, 5.41) is 6.19. The third-order valence-corrected chi connectivity index (χ3v) is 2.66. The molecule has 106 valence electrons. The van der Waals surface area contributed by atoms with Gasteiger partial charge >= 0.3 is 6.09 Å². The monoisotopic (exact) mass is 258 g/mol. The Balaban J connectivity index is 2.43. The number of piperidine rings is 1. The van der Waals surface area contributed by atoms with E-state index in [0.29, 0.717) is 0 Å². The third-order valence-electron chi connectivity index (χ3n) is 2.66. The van der Waals surface area contributed by atoms with Gasteiger partial charge in [0.15, 0.2) is 0 Å². The molecule has 0 aromatic heterocycles. The van der Waals surface area contributed by atoms with Crippen LogP contribution in [0, 0.1) is 0 Å². The summed E-state index contributed by atoms with van der Waals surface area (Å²) in [5.41, 5.74) is -0.462. The molecular weight excluding hydrogens is 232 g/mol. The first-order valence-electron chi connectivity index (χ1n) is 6.74. The quantitative estimate of drug-likeness (QED) is 0.805. The van der Waals surface area contributed by atoms with Crippen LogP contribution >= 0.6 is 0 Å². The fourth-order valence-corrected chi connectivity index (χ4v) is 1.90. The van der Waals surface area contributed by atoms with Crippen molar-refractivity contribution in [3.8, 4) is 0 Å². The molecule has 0 aromatic rings. The van der Waals surface area contributed by atoms with Crippen molar-refractivity contribution < 1.29 is 14.3 Å². The lowest BCUT2D eigenvalue weighted by atomic mass is 10.0. The molecule has 2 atom stereocenters. The van der Waals surface area contributed by atoms with E-state index in [4.69, 9.17) is 9.47 Å². The number of carbonyl (C=O) groups is 1. The van der Waals surface area contributed by atoms with Gasteiger partial charge in [0, 0.05) is 13.2 Å². The van der Waals surface area contributed by atoms with Crippen molar-refractivity contribution in [3.63, 3.8) is 0 Å². The van der Waals surface area contributed by atoms with Crippen molar-refractivity contribution in [2.75, 3.05) is 19.7 Å². The zero-order valence-corrected chi connectivity index (χ0v) is 11.9. The van der Waals surface area contributed by atoms with Crippen molar-refractivity contribution in [1.82, 2.24) is 10.6 Å². The second kappa shape index (κ2) is 6.95. The van der Waals surface area contributed by atoms with Crippen LogP contribution in [0.25, 0.3) is 0 Å². The van der Waals surface area contributed by atoms with Crippen molar-refractivity contribution in [2.45, 2.75) is 58.3 Å². The van der Waals surface area contributed by atoms with E-state index in [-0.39, 0.29) is 18.2 Å². The molecule has 0 aliphatic carbocycles. The van der Waals surface area contributed by atoms with Crippen molar-refractivity contribution >= 4 is 6.09 Å². The summed E-state index contributed by atoms with van der Waals surface area (Å²) in [6.45, 7) is 10.1. The maximum Gasteiger partial charge on any atom is 0.407 e. The zero-order valence-electron chi connectivity index (χ0n) is 11.9. The molecule has 2 N–H and O–H groups in total. The van der Waals surface area contributed by atoms with Gasteiger partial charge in [-0.05, 0) is 40.2 Å². The normalized spacial score (nSPS) is 24.7. The number of nitrogens with one attached hydrogen (secondary N) is 2. The summed E-state index contributed by atoms with van der Waals surface area (Å²) < 4.78 is 11.0. The van der Waals surface area contributed by atoms with Crippen LogP contribution in [0.2, 0.25) is 0 Å². The predicted molar refractivity (Wildman–Crippen MR) is 70.7 cm³/mol. The highest BCUT2D eigenvalue weighted by Gasteiger charge is 2.28. The summed E-state index contributed by atoms with van der Waals surface area (Å²) in [6.07, 6.45) is 1.52. The smallest absolute Gasteiger partial charge is 0.407 e. The van der Waals surface area contributed by atoms with Crippen LogP contribution in [0.4, 0.5) is 4.79 Å². The van der Waals surface area contributed by atoms with Crippen molar-refractivity contribution in [2.24, 2.45) is 0 Å². The first-order chi connectivity index (χ1) is 8.42. The summed E-state index contributed by atoms with van der Waals surface area (Å²) >= 11 is 0. The number of carbonyl (C=O) groups excluding carboxylic acids is 1. The van der Waals surface area contributed by atoms with Gasteiger partial charge in [-0.1, -0.05) is 6.92 Å². The fraction of sp³-hybridized carbons (Fsp3) is 0.923. The van der Waals surface area contributed by atoms with Gasteiger partial charge in [0.1, 0.15) is 5.60 Å². The number of rotatable bonds is 4. The Labute approximate surface area is 110 Å². The first-order valence-corrected chi connectivity index (χ1v) is 6.74. The summed E-state index contributed by atoms with van der Waals surface area (Å²) in [5.74, 6) is 0. The maximum atomic E-state index is 11.7. The summed E-state index contributed by atoms with van der Waals surface area (Å²) in [6, 6.07) is 0.0349. The number of ether oxygens (including phenoxy) is 2. The van der Waals surface area contributed by atoms with Gasteiger partial charge in [0.2, 0.25) is 0 Å². The Bertz CT molecular complexity index is 263. The highest BCUT2D eigenvalue weighted by atomic mass is 16.6. The van der Waals surface area contributed by atoms with Crippen molar-refractivity contribution in [1.29, 1.82) is 0 Å². The van der Waals surface area contributed by atoms with Gasteiger partial charge in [-0.3, -0.25) is 0 Å². The first kappa shape index (κ1) is 15.2. The molecule has 0 aromatic carbocycles. The molecule has 0 spiro atoms. The van der Waals surface area contributed by atoms with Crippen LogP contribution < -0.4 is 10.6 Å². The van der Waals surface area contributed by atoms with Crippen LogP contribution in [0.3, 0.4) is 0 Å². The standard InChI is InChI=1S/C13H26N2O3/c1-5-8-17-11-9-14-7-6-10(11)15-12(16)18-13(2,3)4/h10-11,14H,5-9H2,1-4H3,(H,15,16). The Hall–Kier alpha value is -0.810. The molecule has 1 aliphatic rings. The molecule has 0 radical (unpaired) electrons. The molecule has 1 heterocycles. The van der Waals surface area contributed by atoms with Gasteiger partial charge in [-0.2, -0.15) is 0 Å². The van der Waals surface area contributed by atoms with Crippen LogP contribution in [0.5, 0.6) is 0 Å². The van der Waals surface area contributed by atoms with Gasteiger partial charge in [-0.25, -0.2) is 4.79 Å². The fourth-order valence-electron chi connectivity index (χ4n) is 1.90. The number of alkyl carbamates (subject to hydrolysis) is 1. The molecule has 18 heavy (non-hydrogen) atoms. The lowest BCUT2D eigenvalue weighted by molar-refractivity contribution is 0.00467. The molecule has 1 fully saturated rings. The average molecular weight is 258 g/mol. The van der Waals surface area contributed by atoms with Crippen molar-refractivity contribution in [3.05, 3.63) is 0 Å². The Morgan fingerprint density at radius 2 is 2.17 bits per heavy atom. The largest absolute Gasteiger partial charge is 0.444 e. The minimum atomic E-state index is -0.462. The zero-order chi connectivity index (χ0) is 13.6. The van der Waals surface area contributed by atoms with E-state index in [1.54, 1.807) is 0 Å². The number of hydrogen-bond donors (Lipinski definition) is 2. The second-order valence-electron chi connectivity index (χ2n) is 5.65. The van der Waals surface area contributed by atoms with E-state index in [2.05, 4.69) is 17.6 Å². The highest BCUT2D eigenvalue weighted by molar-refractivity contribution is 5.68. The molecule has 1 rings (SSSR count). The molecule has 0 saturated carbocycles. The minimum absolute atomic E-state index is 0.0335.